The molecule has 1 saturated heterocycles. The van der Waals surface area contributed by atoms with Crippen LogP contribution in [0.3, 0.4) is 0 Å². The predicted octanol–water partition coefficient (Wildman–Crippen LogP) is 5.34. The minimum Gasteiger partial charge on any atom is -0.490 e. The normalized spacial score (nSPS) is 16.5. The van der Waals surface area contributed by atoms with E-state index < -0.39 is 0 Å². The fourth-order valence-corrected chi connectivity index (χ4v) is 3.88. The number of piperidine rings is 1. The van der Waals surface area contributed by atoms with Crippen LogP contribution in [0.4, 0.5) is 4.39 Å². The Balaban J connectivity index is 1.53. The molecule has 0 aliphatic carbocycles. The first kappa shape index (κ1) is 21.3. The first-order valence-electron chi connectivity index (χ1n) is 10.3. The topological polar surface area (TPSA) is 68.5 Å². The maximum Gasteiger partial charge on any atom is 0.257 e. The van der Waals surface area contributed by atoms with Gasteiger partial charge >= 0.3 is 0 Å². The highest BCUT2D eigenvalue weighted by atomic mass is 35.5. The van der Waals surface area contributed by atoms with Gasteiger partial charge in [-0.3, -0.25) is 4.79 Å². The van der Waals surface area contributed by atoms with E-state index in [1.54, 1.807) is 35.2 Å². The zero-order chi connectivity index (χ0) is 22.0. The number of nitrogens with zero attached hydrogens (tertiary/aromatic N) is 3. The molecule has 1 atom stereocenters. The Labute approximate surface area is 185 Å². The van der Waals surface area contributed by atoms with Crippen LogP contribution in [0.2, 0.25) is 5.02 Å². The van der Waals surface area contributed by atoms with E-state index in [4.69, 9.17) is 20.9 Å². The summed E-state index contributed by atoms with van der Waals surface area (Å²) in [6.07, 6.45) is 1.55. The second-order valence-corrected chi connectivity index (χ2v) is 8.30. The van der Waals surface area contributed by atoms with E-state index in [-0.39, 0.29) is 23.7 Å². The molecule has 3 aromatic rings. The van der Waals surface area contributed by atoms with Gasteiger partial charge in [0.25, 0.3) is 5.91 Å². The Kier molecular flexibility index (Phi) is 6.23. The largest absolute Gasteiger partial charge is 0.490 e. The molecule has 1 unspecified atom stereocenters. The van der Waals surface area contributed by atoms with Gasteiger partial charge in [0.05, 0.1) is 17.6 Å². The molecule has 2 aromatic carbocycles. The van der Waals surface area contributed by atoms with Gasteiger partial charge in [-0.15, -0.1) is 0 Å². The average molecular weight is 444 g/mol. The minimum absolute atomic E-state index is 0.0681. The summed E-state index contributed by atoms with van der Waals surface area (Å²) in [5, 5.41) is 4.47. The van der Waals surface area contributed by atoms with E-state index in [9.17, 15) is 9.18 Å². The summed E-state index contributed by atoms with van der Waals surface area (Å²) in [5.74, 6) is 0.688. The third-order valence-electron chi connectivity index (χ3n) is 5.12. The zero-order valence-electron chi connectivity index (χ0n) is 17.3. The van der Waals surface area contributed by atoms with Gasteiger partial charge in [-0.1, -0.05) is 28.9 Å². The van der Waals surface area contributed by atoms with Crippen LogP contribution in [0.15, 0.2) is 47.0 Å². The van der Waals surface area contributed by atoms with Crippen molar-refractivity contribution in [2.24, 2.45) is 0 Å². The van der Waals surface area contributed by atoms with E-state index in [1.807, 2.05) is 13.8 Å². The van der Waals surface area contributed by atoms with Crippen molar-refractivity contribution in [1.29, 1.82) is 0 Å². The van der Waals surface area contributed by atoms with Gasteiger partial charge in [0.15, 0.2) is 0 Å². The lowest BCUT2D eigenvalue weighted by molar-refractivity contribution is 0.0689. The number of aromatic nitrogens is 2. The number of halogens is 2. The molecule has 1 amide bonds. The summed E-state index contributed by atoms with van der Waals surface area (Å²) >= 11 is 6.15. The first-order valence-corrected chi connectivity index (χ1v) is 10.6. The highest BCUT2D eigenvalue weighted by Gasteiger charge is 2.30. The van der Waals surface area contributed by atoms with Crippen LogP contribution in [-0.4, -0.2) is 40.1 Å². The SMILES string of the molecule is CC(C)Oc1ccc(Cl)cc1C(=O)N1CCCC(c2nc(-c3cccc(F)c3)no2)C1. The van der Waals surface area contributed by atoms with Crippen LogP contribution >= 0.6 is 11.6 Å². The molecule has 0 spiro atoms. The summed E-state index contributed by atoms with van der Waals surface area (Å²) in [6.45, 7) is 4.88. The molecule has 0 saturated carbocycles. The smallest absolute Gasteiger partial charge is 0.257 e. The van der Waals surface area contributed by atoms with E-state index in [2.05, 4.69) is 10.1 Å². The molecule has 0 N–H and O–H groups in total. The molecule has 1 aromatic heterocycles. The van der Waals surface area contributed by atoms with Crippen molar-refractivity contribution in [3.05, 3.63) is 64.8 Å². The predicted molar refractivity (Wildman–Crippen MR) is 115 cm³/mol. The highest BCUT2D eigenvalue weighted by Crippen LogP contribution is 2.31. The average Bonchev–Trinajstić information content (AvgIpc) is 3.25. The van der Waals surface area contributed by atoms with Crippen molar-refractivity contribution >= 4 is 17.5 Å². The minimum atomic E-state index is -0.362. The maximum absolute atomic E-state index is 13.5. The molecule has 31 heavy (non-hydrogen) atoms. The lowest BCUT2D eigenvalue weighted by atomic mass is 9.97. The van der Waals surface area contributed by atoms with E-state index in [1.165, 1.54) is 12.1 Å². The van der Waals surface area contributed by atoms with E-state index in [0.29, 0.717) is 46.7 Å². The van der Waals surface area contributed by atoms with Gasteiger partial charge in [0.2, 0.25) is 11.7 Å². The summed E-state index contributed by atoms with van der Waals surface area (Å²) in [4.78, 5) is 19.5. The number of likely N-dealkylation sites (tertiary alicyclic amines) is 1. The lowest BCUT2D eigenvalue weighted by Gasteiger charge is -2.31. The van der Waals surface area contributed by atoms with Gasteiger partial charge in [-0.2, -0.15) is 4.98 Å². The summed E-state index contributed by atoms with van der Waals surface area (Å²) in [5.41, 5.74) is 0.987. The maximum atomic E-state index is 13.5. The highest BCUT2D eigenvalue weighted by molar-refractivity contribution is 6.31. The van der Waals surface area contributed by atoms with Crippen LogP contribution in [0.25, 0.3) is 11.4 Å². The van der Waals surface area contributed by atoms with Crippen molar-refractivity contribution in [1.82, 2.24) is 15.0 Å². The van der Waals surface area contributed by atoms with Crippen LogP contribution in [-0.2, 0) is 0 Å². The number of hydrogen-bond donors (Lipinski definition) is 0. The van der Waals surface area contributed by atoms with Gasteiger partial charge in [0.1, 0.15) is 11.6 Å². The Morgan fingerprint density at radius 1 is 1.29 bits per heavy atom. The summed E-state index contributed by atoms with van der Waals surface area (Å²) < 4.78 is 24.8. The van der Waals surface area contributed by atoms with Crippen LogP contribution in [0.1, 0.15) is 48.9 Å². The van der Waals surface area contributed by atoms with Crippen molar-refractivity contribution in [2.75, 3.05) is 13.1 Å². The van der Waals surface area contributed by atoms with Crippen LogP contribution in [0, 0.1) is 5.82 Å². The van der Waals surface area contributed by atoms with Gasteiger partial charge in [-0.25, -0.2) is 4.39 Å². The lowest BCUT2D eigenvalue weighted by Crippen LogP contribution is -2.39. The summed E-state index contributed by atoms with van der Waals surface area (Å²) in [6, 6.07) is 11.1. The third kappa shape index (κ3) is 4.88. The van der Waals surface area contributed by atoms with Crippen LogP contribution in [0.5, 0.6) is 5.75 Å². The quantitative estimate of drug-likeness (QED) is 0.532. The zero-order valence-corrected chi connectivity index (χ0v) is 18.1. The van der Waals surface area contributed by atoms with Gasteiger partial charge < -0.3 is 14.2 Å². The fourth-order valence-electron chi connectivity index (χ4n) is 3.71. The molecule has 6 nitrogen and oxygen atoms in total. The molecule has 162 valence electrons. The number of ether oxygens (including phenoxy) is 1. The second kappa shape index (κ2) is 9.06. The number of benzene rings is 2. The Hall–Kier alpha value is -2.93. The monoisotopic (exact) mass is 443 g/mol. The number of rotatable bonds is 5. The molecule has 1 fully saturated rings. The van der Waals surface area contributed by atoms with Crippen molar-refractivity contribution in [3.8, 4) is 17.1 Å². The molecule has 1 aliphatic heterocycles. The van der Waals surface area contributed by atoms with Crippen LogP contribution < -0.4 is 4.74 Å². The van der Waals surface area contributed by atoms with Crippen molar-refractivity contribution in [3.63, 3.8) is 0 Å². The number of amides is 1. The first-order chi connectivity index (χ1) is 14.9. The van der Waals surface area contributed by atoms with Crippen molar-refractivity contribution < 1.29 is 18.4 Å². The molecule has 0 radical (unpaired) electrons. The Morgan fingerprint density at radius 2 is 2.13 bits per heavy atom. The molecule has 1 aliphatic rings. The summed E-state index contributed by atoms with van der Waals surface area (Å²) in [7, 11) is 0. The van der Waals surface area contributed by atoms with Crippen molar-refractivity contribution in [2.45, 2.75) is 38.7 Å². The fraction of sp³-hybridized carbons (Fsp3) is 0.348. The Morgan fingerprint density at radius 3 is 2.90 bits per heavy atom. The number of carbonyl (C=O) groups is 1. The molecule has 8 heteroatoms. The molecule has 4 rings (SSSR count). The molecular weight excluding hydrogens is 421 g/mol. The van der Waals surface area contributed by atoms with Gasteiger partial charge in [0, 0.05) is 23.7 Å². The number of hydrogen-bond acceptors (Lipinski definition) is 5. The van der Waals surface area contributed by atoms with E-state index in [0.717, 1.165) is 12.8 Å². The van der Waals surface area contributed by atoms with Gasteiger partial charge in [-0.05, 0) is 57.0 Å². The Bertz CT molecular complexity index is 1090. The van der Waals surface area contributed by atoms with E-state index >= 15 is 0 Å². The molecule has 0 bridgehead atoms. The molecular formula is C23H23ClFN3O3. The third-order valence-corrected chi connectivity index (χ3v) is 5.35. The molecule has 2 heterocycles. The number of carbonyl (C=O) groups excluding carboxylic acids is 1. The second-order valence-electron chi connectivity index (χ2n) is 7.86. The standard InChI is InChI=1S/C23H23ClFN3O3/c1-14(2)30-20-9-8-17(24)12-19(20)23(29)28-10-4-6-16(13-28)22-26-21(27-31-22)15-5-3-7-18(25)11-15/h3,5,7-9,11-12,14,16H,4,6,10,13H2,1-2H3.